The van der Waals surface area contributed by atoms with Gasteiger partial charge in [-0.15, -0.1) is 5.10 Å². The van der Waals surface area contributed by atoms with Crippen LogP contribution in [0.1, 0.15) is 44.1 Å². The quantitative estimate of drug-likeness (QED) is 0.936. The number of urea groups is 1. The van der Waals surface area contributed by atoms with Gasteiger partial charge in [0.15, 0.2) is 0 Å². The highest BCUT2D eigenvalue weighted by molar-refractivity contribution is 5.87. The van der Waals surface area contributed by atoms with Gasteiger partial charge in [-0.3, -0.25) is 10.3 Å². The van der Waals surface area contributed by atoms with Crippen molar-refractivity contribution in [3.05, 3.63) is 35.9 Å². The Hall–Kier alpha value is -2.44. The third-order valence-corrected chi connectivity index (χ3v) is 4.34. The minimum Gasteiger partial charge on any atom is -0.321 e. The summed E-state index contributed by atoms with van der Waals surface area (Å²) >= 11 is 0. The van der Waals surface area contributed by atoms with Crippen LogP contribution in [0, 0.1) is 6.92 Å². The molecule has 0 spiro atoms. The van der Waals surface area contributed by atoms with Crippen LogP contribution in [-0.4, -0.2) is 43.3 Å². The summed E-state index contributed by atoms with van der Waals surface area (Å²) in [5.74, 6) is 1.17. The Labute approximate surface area is 142 Å². The standard InChI is InChI=1S/C17H24N6O/c1-12(2)23-13(3)19-16(21-23)20-17(24)22-9-5-7-15(22)10-14-6-4-8-18-11-14/h4,6,8,11-12,15H,5,7,9-10H2,1-3H3,(H,20,21,24)/t15-/m0/s1. The summed E-state index contributed by atoms with van der Waals surface area (Å²) in [6.07, 6.45) is 6.49. The number of aromatic nitrogens is 4. The maximum Gasteiger partial charge on any atom is 0.324 e. The minimum atomic E-state index is -0.123. The zero-order valence-corrected chi connectivity index (χ0v) is 14.4. The van der Waals surface area contributed by atoms with Gasteiger partial charge in [-0.2, -0.15) is 4.98 Å². The Balaban J connectivity index is 1.66. The van der Waals surface area contributed by atoms with Crippen molar-refractivity contribution in [2.45, 2.75) is 52.1 Å². The molecule has 2 amide bonds. The smallest absolute Gasteiger partial charge is 0.321 e. The molecule has 1 aliphatic heterocycles. The summed E-state index contributed by atoms with van der Waals surface area (Å²) in [6.45, 7) is 6.74. The van der Waals surface area contributed by atoms with Gasteiger partial charge in [0.25, 0.3) is 0 Å². The second-order valence-corrected chi connectivity index (χ2v) is 6.51. The fourth-order valence-corrected chi connectivity index (χ4v) is 3.22. The number of pyridine rings is 1. The molecular formula is C17H24N6O. The SMILES string of the molecule is Cc1nc(NC(=O)N2CCC[C@H]2Cc2cccnc2)nn1C(C)C. The predicted molar refractivity (Wildman–Crippen MR) is 91.8 cm³/mol. The van der Waals surface area contributed by atoms with Crippen LogP contribution in [0.2, 0.25) is 0 Å². The van der Waals surface area contributed by atoms with E-state index in [1.165, 1.54) is 0 Å². The van der Waals surface area contributed by atoms with Crippen LogP contribution >= 0.6 is 0 Å². The number of nitrogens with zero attached hydrogens (tertiary/aromatic N) is 5. The van der Waals surface area contributed by atoms with E-state index in [0.29, 0.717) is 5.95 Å². The van der Waals surface area contributed by atoms with Crippen molar-refractivity contribution in [3.63, 3.8) is 0 Å². The second-order valence-electron chi connectivity index (χ2n) is 6.51. The van der Waals surface area contributed by atoms with E-state index < -0.39 is 0 Å². The highest BCUT2D eigenvalue weighted by Crippen LogP contribution is 2.22. The number of nitrogens with one attached hydrogen (secondary N) is 1. The lowest BCUT2D eigenvalue weighted by Gasteiger charge is -2.24. The number of hydrogen-bond acceptors (Lipinski definition) is 4. The molecule has 1 saturated heterocycles. The maximum absolute atomic E-state index is 12.6. The lowest BCUT2D eigenvalue weighted by Crippen LogP contribution is -2.40. The van der Waals surface area contributed by atoms with Crippen LogP contribution in [0.25, 0.3) is 0 Å². The van der Waals surface area contributed by atoms with E-state index in [1.807, 2.05) is 42.6 Å². The number of carbonyl (C=O) groups is 1. The van der Waals surface area contributed by atoms with E-state index >= 15 is 0 Å². The van der Waals surface area contributed by atoms with Gasteiger partial charge in [0.1, 0.15) is 5.82 Å². The van der Waals surface area contributed by atoms with Crippen molar-refractivity contribution in [2.24, 2.45) is 0 Å². The van der Waals surface area contributed by atoms with Crippen molar-refractivity contribution in [1.29, 1.82) is 0 Å². The van der Waals surface area contributed by atoms with E-state index in [-0.39, 0.29) is 18.1 Å². The summed E-state index contributed by atoms with van der Waals surface area (Å²) in [7, 11) is 0. The first-order valence-corrected chi connectivity index (χ1v) is 8.44. The first-order chi connectivity index (χ1) is 11.5. The average molecular weight is 328 g/mol. The summed E-state index contributed by atoms with van der Waals surface area (Å²) < 4.78 is 1.81. The third kappa shape index (κ3) is 3.55. The van der Waals surface area contributed by atoms with Gasteiger partial charge < -0.3 is 4.90 Å². The van der Waals surface area contributed by atoms with Gasteiger partial charge in [0, 0.05) is 31.0 Å². The molecule has 2 aromatic heterocycles. The first kappa shape index (κ1) is 16.4. The normalized spacial score (nSPS) is 17.5. The second kappa shape index (κ2) is 6.98. The van der Waals surface area contributed by atoms with Crippen molar-refractivity contribution in [2.75, 3.05) is 11.9 Å². The van der Waals surface area contributed by atoms with Gasteiger partial charge >= 0.3 is 6.03 Å². The van der Waals surface area contributed by atoms with E-state index in [0.717, 1.165) is 37.2 Å². The topological polar surface area (TPSA) is 75.9 Å². The Morgan fingerprint density at radius 1 is 1.46 bits per heavy atom. The van der Waals surface area contributed by atoms with Crippen LogP contribution in [-0.2, 0) is 6.42 Å². The molecule has 3 rings (SSSR count). The van der Waals surface area contributed by atoms with Crippen LogP contribution in [0.3, 0.4) is 0 Å². The van der Waals surface area contributed by atoms with Crippen molar-refractivity contribution >= 4 is 12.0 Å². The summed E-state index contributed by atoms with van der Waals surface area (Å²) in [5, 5.41) is 7.21. The molecule has 1 N–H and O–H groups in total. The number of rotatable bonds is 4. The largest absolute Gasteiger partial charge is 0.324 e. The van der Waals surface area contributed by atoms with Crippen LogP contribution < -0.4 is 5.32 Å². The summed E-state index contributed by atoms with van der Waals surface area (Å²) in [5.41, 5.74) is 1.15. The average Bonchev–Trinajstić information content (AvgIpc) is 3.15. The maximum atomic E-state index is 12.6. The molecule has 24 heavy (non-hydrogen) atoms. The van der Waals surface area contributed by atoms with E-state index in [9.17, 15) is 4.79 Å². The van der Waals surface area contributed by atoms with E-state index in [1.54, 1.807) is 6.20 Å². The Morgan fingerprint density at radius 2 is 2.29 bits per heavy atom. The molecule has 2 aromatic rings. The minimum absolute atomic E-state index is 0.123. The van der Waals surface area contributed by atoms with E-state index in [2.05, 4.69) is 26.4 Å². The molecule has 128 valence electrons. The van der Waals surface area contributed by atoms with E-state index in [4.69, 9.17) is 0 Å². The highest BCUT2D eigenvalue weighted by Gasteiger charge is 2.29. The molecule has 0 bridgehead atoms. The van der Waals surface area contributed by atoms with Crippen molar-refractivity contribution in [3.8, 4) is 0 Å². The van der Waals surface area contributed by atoms with Crippen molar-refractivity contribution < 1.29 is 4.79 Å². The van der Waals surface area contributed by atoms with Gasteiger partial charge in [-0.25, -0.2) is 9.48 Å². The molecule has 7 heteroatoms. The molecule has 7 nitrogen and oxygen atoms in total. The van der Waals surface area contributed by atoms with Crippen LogP contribution in [0.15, 0.2) is 24.5 Å². The molecule has 0 saturated carbocycles. The Morgan fingerprint density at radius 3 is 2.96 bits per heavy atom. The lowest BCUT2D eigenvalue weighted by atomic mass is 10.1. The molecule has 3 heterocycles. The van der Waals surface area contributed by atoms with Crippen molar-refractivity contribution in [1.82, 2.24) is 24.6 Å². The van der Waals surface area contributed by atoms with Gasteiger partial charge in [0.05, 0.1) is 0 Å². The number of amides is 2. The molecular weight excluding hydrogens is 304 g/mol. The predicted octanol–water partition coefficient (Wildman–Crippen LogP) is 2.80. The number of likely N-dealkylation sites (tertiary alicyclic amines) is 1. The van der Waals surface area contributed by atoms with Gasteiger partial charge in [-0.1, -0.05) is 6.07 Å². The number of anilines is 1. The number of hydrogen-bond donors (Lipinski definition) is 1. The highest BCUT2D eigenvalue weighted by atomic mass is 16.2. The number of carbonyl (C=O) groups excluding carboxylic acids is 1. The van der Waals surface area contributed by atoms with Crippen LogP contribution in [0.4, 0.5) is 10.7 Å². The van der Waals surface area contributed by atoms with Crippen LogP contribution in [0.5, 0.6) is 0 Å². The molecule has 1 atom stereocenters. The fraction of sp³-hybridized carbons (Fsp3) is 0.529. The zero-order chi connectivity index (χ0) is 17.1. The zero-order valence-electron chi connectivity index (χ0n) is 14.4. The molecule has 0 aliphatic carbocycles. The molecule has 1 fully saturated rings. The molecule has 0 aromatic carbocycles. The Kier molecular flexibility index (Phi) is 4.78. The molecule has 0 unspecified atom stereocenters. The molecule has 1 aliphatic rings. The monoisotopic (exact) mass is 328 g/mol. The van der Waals surface area contributed by atoms with Gasteiger partial charge in [0.2, 0.25) is 5.95 Å². The summed E-state index contributed by atoms with van der Waals surface area (Å²) in [6, 6.07) is 4.27. The number of aryl methyl sites for hydroxylation is 1. The van der Waals surface area contributed by atoms with Gasteiger partial charge in [-0.05, 0) is 51.7 Å². The first-order valence-electron chi connectivity index (χ1n) is 8.44. The third-order valence-electron chi connectivity index (χ3n) is 4.34. The Bertz CT molecular complexity index is 696. The fourth-order valence-electron chi connectivity index (χ4n) is 3.22. The molecule has 0 radical (unpaired) electrons. The lowest BCUT2D eigenvalue weighted by molar-refractivity contribution is 0.206. The summed E-state index contributed by atoms with van der Waals surface area (Å²) in [4.78, 5) is 23.0.